The van der Waals surface area contributed by atoms with E-state index >= 15 is 0 Å². The molecule has 0 aliphatic heterocycles. The van der Waals surface area contributed by atoms with E-state index in [1.807, 2.05) is 0 Å². The number of carboxylic acids is 1. The van der Waals surface area contributed by atoms with Gasteiger partial charge in [-0.15, -0.1) is 0 Å². The fraction of sp³-hybridized carbons (Fsp3) is 0.0833. The van der Waals surface area contributed by atoms with Crippen LogP contribution in [0.4, 0.5) is 8.78 Å². The van der Waals surface area contributed by atoms with Crippen LogP contribution in [0.2, 0.25) is 0 Å². The normalized spacial score (nSPS) is 10.5. The van der Waals surface area contributed by atoms with Gasteiger partial charge in [-0.1, -0.05) is 6.07 Å². The van der Waals surface area contributed by atoms with Crippen LogP contribution in [0.1, 0.15) is 16.1 Å². The molecule has 0 fully saturated rings. The van der Waals surface area contributed by atoms with Crippen molar-refractivity contribution in [2.45, 2.75) is 6.92 Å². The lowest BCUT2D eigenvalue weighted by Crippen LogP contribution is -2.22. The van der Waals surface area contributed by atoms with Gasteiger partial charge < -0.3 is 10.1 Å². The van der Waals surface area contributed by atoms with Gasteiger partial charge in [0.1, 0.15) is 23.0 Å². The zero-order valence-corrected chi connectivity index (χ0v) is 9.70. The third-order valence-electron chi connectivity index (χ3n) is 2.51. The molecule has 0 bridgehead atoms. The highest BCUT2D eigenvalue weighted by Gasteiger charge is 2.19. The predicted molar refractivity (Wildman–Crippen MR) is 61.9 cm³/mol. The summed E-state index contributed by atoms with van der Waals surface area (Å²) in [4.78, 5) is 28.2. The quantitative estimate of drug-likeness (QED) is 0.867. The second-order valence-corrected chi connectivity index (χ2v) is 3.78. The van der Waals surface area contributed by atoms with Gasteiger partial charge in [-0.25, -0.2) is 18.6 Å². The van der Waals surface area contributed by atoms with Gasteiger partial charge in [0.25, 0.3) is 5.56 Å². The molecule has 0 saturated carbocycles. The third-order valence-corrected chi connectivity index (χ3v) is 2.51. The number of aryl methyl sites for hydroxylation is 1. The first-order chi connectivity index (χ1) is 8.91. The number of carbonyl (C=O) groups is 1. The van der Waals surface area contributed by atoms with E-state index in [-0.39, 0.29) is 11.5 Å². The molecule has 0 atom stereocenters. The van der Waals surface area contributed by atoms with Crippen molar-refractivity contribution in [3.63, 3.8) is 0 Å². The number of halogens is 2. The molecule has 19 heavy (non-hydrogen) atoms. The van der Waals surface area contributed by atoms with Crippen LogP contribution in [0.15, 0.2) is 23.0 Å². The van der Waals surface area contributed by atoms with Crippen LogP contribution in [0.3, 0.4) is 0 Å². The number of aromatic carboxylic acids is 1. The first-order valence-electron chi connectivity index (χ1n) is 5.20. The van der Waals surface area contributed by atoms with E-state index in [0.29, 0.717) is 0 Å². The highest BCUT2D eigenvalue weighted by Crippen LogP contribution is 2.22. The molecule has 5 nitrogen and oxygen atoms in total. The molecular formula is C12H8F2N2O3. The number of aromatic amines is 1. The molecule has 1 aromatic carbocycles. The summed E-state index contributed by atoms with van der Waals surface area (Å²) in [5.74, 6) is -3.59. The fourth-order valence-corrected chi connectivity index (χ4v) is 1.68. The summed E-state index contributed by atoms with van der Waals surface area (Å²) in [6.45, 7) is 1.28. The van der Waals surface area contributed by atoms with Gasteiger partial charge in [-0.2, -0.15) is 0 Å². The van der Waals surface area contributed by atoms with Gasteiger partial charge in [0.15, 0.2) is 0 Å². The smallest absolute Gasteiger partial charge is 0.343 e. The lowest BCUT2D eigenvalue weighted by molar-refractivity contribution is 0.0693. The van der Waals surface area contributed by atoms with E-state index in [4.69, 9.17) is 5.11 Å². The monoisotopic (exact) mass is 266 g/mol. The molecule has 0 unspecified atom stereocenters. The summed E-state index contributed by atoms with van der Waals surface area (Å²) in [7, 11) is 0. The zero-order valence-electron chi connectivity index (χ0n) is 9.70. The Morgan fingerprint density at radius 1 is 1.32 bits per heavy atom. The Labute approximate surface area is 105 Å². The molecule has 1 aromatic heterocycles. The minimum Gasteiger partial charge on any atom is -0.477 e. The number of aromatic nitrogens is 2. The van der Waals surface area contributed by atoms with Gasteiger partial charge in [0.05, 0.1) is 11.3 Å². The topological polar surface area (TPSA) is 83.0 Å². The van der Waals surface area contributed by atoms with Crippen LogP contribution in [-0.4, -0.2) is 21.0 Å². The average molecular weight is 266 g/mol. The van der Waals surface area contributed by atoms with Crippen LogP contribution >= 0.6 is 0 Å². The maximum atomic E-state index is 13.5. The lowest BCUT2D eigenvalue weighted by Gasteiger charge is -2.06. The molecule has 0 radical (unpaired) electrons. The van der Waals surface area contributed by atoms with Crippen molar-refractivity contribution in [3.05, 3.63) is 51.4 Å². The van der Waals surface area contributed by atoms with Gasteiger partial charge in [-0.05, 0) is 19.1 Å². The predicted octanol–water partition coefficient (Wildman–Crippen LogP) is 1.72. The molecule has 0 saturated heterocycles. The molecule has 1 heterocycles. The maximum absolute atomic E-state index is 13.5. The Balaban J connectivity index is 2.73. The molecule has 0 aliphatic carbocycles. The van der Waals surface area contributed by atoms with Gasteiger partial charge in [0, 0.05) is 0 Å². The second-order valence-electron chi connectivity index (χ2n) is 3.78. The molecule has 98 valence electrons. The van der Waals surface area contributed by atoms with Crippen molar-refractivity contribution >= 4 is 5.97 Å². The van der Waals surface area contributed by atoms with Crippen LogP contribution in [-0.2, 0) is 0 Å². The van der Waals surface area contributed by atoms with E-state index in [1.165, 1.54) is 13.0 Å². The van der Waals surface area contributed by atoms with Crippen molar-refractivity contribution < 1.29 is 18.7 Å². The van der Waals surface area contributed by atoms with Crippen LogP contribution in [0.25, 0.3) is 11.4 Å². The van der Waals surface area contributed by atoms with Crippen LogP contribution in [0, 0.1) is 18.6 Å². The molecule has 0 amide bonds. The van der Waals surface area contributed by atoms with Crippen molar-refractivity contribution in [1.82, 2.24) is 9.97 Å². The number of benzene rings is 1. The summed E-state index contributed by atoms with van der Waals surface area (Å²) in [6.07, 6.45) is 0. The summed E-state index contributed by atoms with van der Waals surface area (Å²) >= 11 is 0. The second kappa shape index (κ2) is 4.60. The number of hydrogen-bond acceptors (Lipinski definition) is 3. The van der Waals surface area contributed by atoms with E-state index in [1.54, 1.807) is 0 Å². The number of hydrogen-bond donors (Lipinski definition) is 2. The molecular weight excluding hydrogens is 258 g/mol. The highest BCUT2D eigenvalue weighted by molar-refractivity contribution is 5.88. The number of H-pyrrole nitrogens is 1. The Hall–Kier alpha value is -2.57. The standard InChI is InChI=1S/C12H8F2N2O3/c1-5-8(12(18)19)11(17)16-10(15-5)9-6(13)3-2-4-7(9)14/h2-4H,1H3,(H,18,19)(H,15,16,17). The Morgan fingerprint density at radius 3 is 2.37 bits per heavy atom. The van der Waals surface area contributed by atoms with Crippen LogP contribution in [0.5, 0.6) is 0 Å². The summed E-state index contributed by atoms with van der Waals surface area (Å²) < 4.78 is 27.1. The van der Waals surface area contributed by atoms with E-state index in [2.05, 4.69) is 9.97 Å². The van der Waals surface area contributed by atoms with Crippen molar-refractivity contribution in [2.75, 3.05) is 0 Å². The lowest BCUT2D eigenvalue weighted by atomic mass is 10.1. The minimum atomic E-state index is -1.45. The number of rotatable bonds is 2. The molecule has 2 rings (SSSR count). The Kier molecular flexibility index (Phi) is 3.12. The van der Waals surface area contributed by atoms with Crippen molar-refractivity contribution in [2.24, 2.45) is 0 Å². The van der Waals surface area contributed by atoms with E-state index in [0.717, 1.165) is 12.1 Å². The molecule has 0 aliphatic rings. The summed E-state index contributed by atoms with van der Waals surface area (Å²) in [5, 5.41) is 8.81. The van der Waals surface area contributed by atoms with Gasteiger partial charge in [-0.3, -0.25) is 4.79 Å². The Morgan fingerprint density at radius 2 is 1.89 bits per heavy atom. The first kappa shape index (κ1) is 12.9. The average Bonchev–Trinajstić information content (AvgIpc) is 2.26. The summed E-state index contributed by atoms with van der Waals surface area (Å²) in [5.41, 5.74) is -2.13. The summed E-state index contributed by atoms with van der Waals surface area (Å²) in [6, 6.07) is 3.20. The molecule has 7 heteroatoms. The zero-order chi connectivity index (χ0) is 14.2. The maximum Gasteiger partial charge on any atom is 0.343 e. The fourth-order valence-electron chi connectivity index (χ4n) is 1.68. The number of nitrogens with one attached hydrogen (secondary N) is 1. The van der Waals surface area contributed by atoms with E-state index in [9.17, 15) is 18.4 Å². The molecule has 0 spiro atoms. The molecule has 2 N–H and O–H groups in total. The number of nitrogens with zero attached hydrogens (tertiary/aromatic N) is 1. The number of carboxylic acid groups (broad SMARTS) is 1. The van der Waals surface area contributed by atoms with Crippen molar-refractivity contribution in [3.8, 4) is 11.4 Å². The third kappa shape index (κ3) is 2.22. The highest BCUT2D eigenvalue weighted by atomic mass is 19.1. The van der Waals surface area contributed by atoms with Gasteiger partial charge in [0.2, 0.25) is 0 Å². The largest absolute Gasteiger partial charge is 0.477 e. The SMILES string of the molecule is Cc1nc(-c2c(F)cccc2F)[nH]c(=O)c1C(=O)O. The van der Waals surface area contributed by atoms with E-state index < -0.39 is 34.3 Å². The first-order valence-corrected chi connectivity index (χ1v) is 5.20. The van der Waals surface area contributed by atoms with Crippen molar-refractivity contribution in [1.29, 1.82) is 0 Å². The van der Waals surface area contributed by atoms with Crippen LogP contribution < -0.4 is 5.56 Å². The van der Waals surface area contributed by atoms with Gasteiger partial charge >= 0.3 is 5.97 Å². The Bertz CT molecular complexity index is 705. The molecule has 2 aromatic rings. The minimum absolute atomic E-state index is 0.117.